The molecule has 0 aliphatic carbocycles. The molecule has 2 rings (SSSR count). The van der Waals surface area contributed by atoms with E-state index in [1.165, 1.54) is 5.69 Å². The highest BCUT2D eigenvalue weighted by molar-refractivity contribution is 5.78. The maximum absolute atomic E-state index is 11.8. The fourth-order valence-corrected chi connectivity index (χ4v) is 2.38. The lowest BCUT2D eigenvalue weighted by Crippen LogP contribution is -2.49. The fourth-order valence-electron chi connectivity index (χ4n) is 2.38. The van der Waals surface area contributed by atoms with E-state index in [1.54, 1.807) is 0 Å². The summed E-state index contributed by atoms with van der Waals surface area (Å²) >= 11 is 0. The summed E-state index contributed by atoms with van der Waals surface area (Å²) in [7, 11) is 0. The minimum Gasteiger partial charge on any atom is -0.369 e. The largest absolute Gasteiger partial charge is 0.369 e. The molecule has 4 heteroatoms. The summed E-state index contributed by atoms with van der Waals surface area (Å²) in [6.45, 7) is 9.38. The molecule has 0 atom stereocenters. The third-order valence-corrected chi connectivity index (χ3v) is 3.57. The third-order valence-electron chi connectivity index (χ3n) is 3.57. The van der Waals surface area contributed by atoms with Crippen LogP contribution in [0.3, 0.4) is 0 Å². The van der Waals surface area contributed by atoms with Gasteiger partial charge in [0.25, 0.3) is 0 Å². The van der Waals surface area contributed by atoms with Crippen LogP contribution in [0.25, 0.3) is 0 Å². The van der Waals surface area contributed by atoms with Crippen LogP contribution in [-0.4, -0.2) is 50.1 Å². The quantitative estimate of drug-likeness (QED) is 0.886. The van der Waals surface area contributed by atoms with E-state index in [4.69, 9.17) is 0 Å². The Labute approximate surface area is 121 Å². The van der Waals surface area contributed by atoms with Crippen molar-refractivity contribution in [2.75, 3.05) is 44.2 Å². The molecule has 0 radical (unpaired) electrons. The normalized spacial score (nSPS) is 16.4. The highest BCUT2D eigenvalue weighted by atomic mass is 16.2. The summed E-state index contributed by atoms with van der Waals surface area (Å²) in [6, 6.07) is 10.5. The number of rotatable bonds is 5. The van der Waals surface area contributed by atoms with Crippen LogP contribution in [0.5, 0.6) is 0 Å². The Morgan fingerprint density at radius 1 is 1.15 bits per heavy atom. The Morgan fingerprint density at radius 3 is 2.40 bits per heavy atom. The lowest BCUT2D eigenvalue weighted by Gasteiger charge is -2.35. The number of carbonyl (C=O) groups is 1. The standard InChI is InChI=1S/C16H25N3O/c1-14(2)12-17-16(20)13-18-8-10-19(11-9-18)15-6-4-3-5-7-15/h3-7,14H,8-13H2,1-2H3,(H,17,20). The Hall–Kier alpha value is -1.55. The van der Waals surface area contributed by atoms with Crippen LogP contribution in [-0.2, 0) is 4.79 Å². The van der Waals surface area contributed by atoms with Gasteiger partial charge in [-0.15, -0.1) is 0 Å². The lowest BCUT2D eigenvalue weighted by atomic mass is 10.2. The number of hydrogen-bond acceptors (Lipinski definition) is 3. The van der Waals surface area contributed by atoms with E-state index in [0.717, 1.165) is 32.7 Å². The molecule has 1 fully saturated rings. The molecule has 1 N–H and O–H groups in total. The number of nitrogens with one attached hydrogen (secondary N) is 1. The van der Waals surface area contributed by atoms with E-state index in [1.807, 2.05) is 6.07 Å². The predicted molar refractivity (Wildman–Crippen MR) is 82.9 cm³/mol. The second-order valence-electron chi connectivity index (χ2n) is 5.80. The molecule has 1 amide bonds. The molecular weight excluding hydrogens is 250 g/mol. The van der Waals surface area contributed by atoms with E-state index in [9.17, 15) is 4.79 Å². The molecular formula is C16H25N3O. The molecule has 1 aliphatic heterocycles. The minimum absolute atomic E-state index is 0.145. The number of benzene rings is 1. The minimum atomic E-state index is 0.145. The lowest BCUT2D eigenvalue weighted by molar-refractivity contribution is -0.122. The summed E-state index contributed by atoms with van der Waals surface area (Å²) in [5, 5.41) is 2.98. The van der Waals surface area contributed by atoms with Crippen LogP contribution in [0, 0.1) is 5.92 Å². The summed E-state index contributed by atoms with van der Waals surface area (Å²) in [4.78, 5) is 16.4. The van der Waals surface area contributed by atoms with Gasteiger partial charge in [0.15, 0.2) is 0 Å². The van der Waals surface area contributed by atoms with Crippen molar-refractivity contribution in [3.63, 3.8) is 0 Å². The average molecular weight is 275 g/mol. The molecule has 1 aromatic carbocycles. The van der Waals surface area contributed by atoms with E-state index in [0.29, 0.717) is 12.5 Å². The highest BCUT2D eigenvalue weighted by Crippen LogP contribution is 2.15. The number of anilines is 1. The topological polar surface area (TPSA) is 35.6 Å². The van der Waals surface area contributed by atoms with Gasteiger partial charge in [-0.2, -0.15) is 0 Å². The van der Waals surface area contributed by atoms with E-state index >= 15 is 0 Å². The number of para-hydroxylation sites is 1. The summed E-state index contributed by atoms with van der Waals surface area (Å²) in [5.74, 6) is 0.653. The molecule has 110 valence electrons. The van der Waals surface area contributed by atoms with Gasteiger partial charge in [0.05, 0.1) is 6.54 Å². The second-order valence-corrected chi connectivity index (χ2v) is 5.80. The molecule has 0 aromatic heterocycles. The molecule has 0 bridgehead atoms. The zero-order valence-electron chi connectivity index (χ0n) is 12.5. The molecule has 1 saturated heterocycles. The molecule has 4 nitrogen and oxygen atoms in total. The van der Waals surface area contributed by atoms with Crippen LogP contribution in [0.1, 0.15) is 13.8 Å². The van der Waals surface area contributed by atoms with Gasteiger partial charge in [0.2, 0.25) is 5.91 Å². The van der Waals surface area contributed by atoms with Crippen molar-refractivity contribution in [3.05, 3.63) is 30.3 Å². The fraction of sp³-hybridized carbons (Fsp3) is 0.562. The van der Waals surface area contributed by atoms with Gasteiger partial charge in [-0.1, -0.05) is 32.0 Å². The van der Waals surface area contributed by atoms with Crippen molar-refractivity contribution in [2.45, 2.75) is 13.8 Å². The van der Waals surface area contributed by atoms with Gasteiger partial charge in [0, 0.05) is 38.4 Å². The molecule has 0 saturated carbocycles. The van der Waals surface area contributed by atoms with Crippen LogP contribution >= 0.6 is 0 Å². The molecule has 1 aliphatic rings. The second kappa shape index (κ2) is 7.29. The first-order valence-electron chi connectivity index (χ1n) is 7.44. The first-order valence-corrected chi connectivity index (χ1v) is 7.44. The van der Waals surface area contributed by atoms with Gasteiger partial charge >= 0.3 is 0 Å². The van der Waals surface area contributed by atoms with Crippen LogP contribution in [0.4, 0.5) is 5.69 Å². The average Bonchev–Trinajstić information content (AvgIpc) is 2.47. The maximum Gasteiger partial charge on any atom is 0.234 e. The van der Waals surface area contributed by atoms with Gasteiger partial charge in [-0.3, -0.25) is 9.69 Å². The van der Waals surface area contributed by atoms with Crippen LogP contribution < -0.4 is 10.2 Å². The van der Waals surface area contributed by atoms with Crippen molar-refractivity contribution in [2.24, 2.45) is 5.92 Å². The van der Waals surface area contributed by atoms with Crippen molar-refractivity contribution in [1.82, 2.24) is 10.2 Å². The SMILES string of the molecule is CC(C)CNC(=O)CN1CCN(c2ccccc2)CC1. The number of carbonyl (C=O) groups excluding carboxylic acids is 1. The molecule has 0 spiro atoms. The van der Waals surface area contributed by atoms with Gasteiger partial charge in [-0.05, 0) is 18.1 Å². The monoisotopic (exact) mass is 275 g/mol. The van der Waals surface area contributed by atoms with Gasteiger partial charge < -0.3 is 10.2 Å². The van der Waals surface area contributed by atoms with E-state index in [-0.39, 0.29) is 5.91 Å². The van der Waals surface area contributed by atoms with E-state index < -0.39 is 0 Å². The zero-order valence-corrected chi connectivity index (χ0v) is 12.5. The van der Waals surface area contributed by atoms with Crippen LogP contribution in [0.2, 0.25) is 0 Å². The Bertz CT molecular complexity index is 411. The third kappa shape index (κ3) is 4.53. The summed E-state index contributed by atoms with van der Waals surface area (Å²) < 4.78 is 0. The number of nitrogens with zero attached hydrogens (tertiary/aromatic N) is 2. The maximum atomic E-state index is 11.8. The predicted octanol–water partition coefficient (Wildman–Crippen LogP) is 1.58. The van der Waals surface area contributed by atoms with Crippen molar-refractivity contribution >= 4 is 11.6 Å². The number of piperazine rings is 1. The van der Waals surface area contributed by atoms with Crippen molar-refractivity contribution in [1.29, 1.82) is 0 Å². The molecule has 0 unspecified atom stereocenters. The van der Waals surface area contributed by atoms with E-state index in [2.05, 4.69) is 53.2 Å². The number of amides is 1. The first-order chi connectivity index (χ1) is 9.65. The summed E-state index contributed by atoms with van der Waals surface area (Å²) in [5.41, 5.74) is 1.27. The summed E-state index contributed by atoms with van der Waals surface area (Å²) in [6.07, 6.45) is 0. The van der Waals surface area contributed by atoms with Gasteiger partial charge in [-0.25, -0.2) is 0 Å². The Kier molecular flexibility index (Phi) is 5.41. The Morgan fingerprint density at radius 2 is 1.80 bits per heavy atom. The number of hydrogen-bond donors (Lipinski definition) is 1. The first kappa shape index (κ1) is 14.9. The van der Waals surface area contributed by atoms with Crippen molar-refractivity contribution < 1.29 is 4.79 Å². The molecule has 20 heavy (non-hydrogen) atoms. The van der Waals surface area contributed by atoms with Crippen molar-refractivity contribution in [3.8, 4) is 0 Å². The van der Waals surface area contributed by atoms with Crippen LogP contribution in [0.15, 0.2) is 30.3 Å². The molecule has 1 heterocycles. The Balaban J connectivity index is 1.73. The zero-order chi connectivity index (χ0) is 14.4. The smallest absolute Gasteiger partial charge is 0.234 e. The van der Waals surface area contributed by atoms with Gasteiger partial charge in [0.1, 0.15) is 0 Å². The highest BCUT2D eigenvalue weighted by Gasteiger charge is 2.18. The molecule has 1 aromatic rings.